The standard InChI is InChI=1S/C15H12N2O6S2/c18-12-7-8-13(19)17(12)23-15(20)10-3-5-11(6-4-10)16-25(21,22)14-2-1-9-24-14/h1-6,9,16H,7-8H2. The van der Waals surface area contributed by atoms with Crippen LogP contribution in [0.5, 0.6) is 0 Å². The Morgan fingerprint density at radius 3 is 2.28 bits per heavy atom. The number of nitrogens with zero attached hydrogens (tertiary/aromatic N) is 1. The van der Waals surface area contributed by atoms with Crippen molar-refractivity contribution >= 4 is 44.8 Å². The van der Waals surface area contributed by atoms with Crippen LogP contribution in [-0.4, -0.2) is 31.3 Å². The molecule has 0 spiro atoms. The van der Waals surface area contributed by atoms with Crippen molar-refractivity contribution in [2.45, 2.75) is 17.1 Å². The van der Waals surface area contributed by atoms with E-state index in [0.29, 0.717) is 5.06 Å². The van der Waals surface area contributed by atoms with E-state index in [1.165, 1.54) is 30.3 Å². The first-order valence-electron chi connectivity index (χ1n) is 7.11. The maximum absolute atomic E-state index is 12.1. The minimum absolute atomic E-state index is 0.00947. The summed E-state index contributed by atoms with van der Waals surface area (Å²) in [7, 11) is -3.68. The number of carbonyl (C=O) groups excluding carboxylic acids is 3. The lowest BCUT2D eigenvalue weighted by molar-refractivity contribution is -0.172. The molecule has 1 fully saturated rings. The highest BCUT2D eigenvalue weighted by atomic mass is 32.2. The summed E-state index contributed by atoms with van der Waals surface area (Å²) >= 11 is 1.08. The highest BCUT2D eigenvalue weighted by Gasteiger charge is 2.33. The van der Waals surface area contributed by atoms with Crippen LogP contribution in [0, 0.1) is 0 Å². The van der Waals surface area contributed by atoms with Crippen LogP contribution in [0.15, 0.2) is 46.0 Å². The van der Waals surface area contributed by atoms with Gasteiger partial charge in [0.05, 0.1) is 5.56 Å². The number of anilines is 1. The van der Waals surface area contributed by atoms with Gasteiger partial charge >= 0.3 is 5.97 Å². The van der Waals surface area contributed by atoms with E-state index in [9.17, 15) is 22.8 Å². The Morgan fingerprint density at radius 1 is 1.08 bits per heavy atom. The average molecular weight is 380 g/mol. The Bertz CT molecular complexity index is 903. The Balaban J connectivity index is 1.69. The number of hydrogen-bond donors (Lipinski definition) is 1. The summed E-state index contributed by atoms with van der Waals surface area (Å²) in [4.78, 5) is 39.6. The Hall–Kier alpha value is -2.72. The van der Waals surface area contributed by atoms with E-state index in [1.54, 1.807) is 11.4 Å². The van der Waals surface area contributed by atoms with Crippen molar-refractivity contribution in [3.63, 3.8) is 0 Å². The van der Waals surface area contributed by atoms with Crippen molar-refractivity contribution in [1.82, 2.24) is 5.06 Å². The third kappa shape index (κ3) is 3.69. The summed E-state index contributed by atoms with van der Waals surface area (Å²) in [5, 5.41) is 2.10. The number of carbonyl (C=O) groups is 3. The molecule has 1 aliphatic heterocycles. The second kappa shape index (κ2) is 6.65. The molecule has 2 aromatic rings. The van der Waals surface area contributed by atoms with E-state index < -0.39 is 27.8 Å². The molecule has 3 rings (SSSR count). The van der Waals surface area contributed by atoms with E-state index in [-0.39, 0.29) is 28.3 Å². The first kappa shape index (κ1) is 17.1. The van der Waals surface area contributed by atoms with Crippen LogP contribution in [0.3, 0.4) is 0 Å². The van der Waals surface area contributed by atoms with Gasteiger partial charge in [0.15, 0.2) is 0 Å². The highest BCUT2D eigenvalue weighted by molar-refractivity contribution is 7.94. The largest absolute Gasteiger partial charge is 0.363 e. The SMILES string of the molecule is O=C(ON1C(=O)CCC1=O)c1ccc(NS(=O)(=O)c2cccs2)cc1. The van der Waals surface area contributed by atoms with Crippen LogP contribution in [0.25, 0.3) is 0 Å². The predicted molar refractivity (Wildman–Crippen MR) is 88.1 cm³/mol. The van der Waals surface area contributed by atoms with Crippen LogP contribution in [0.4, 0.5) is 5.69 Å². The molecule has 8 nitrogen and oxygen atoms in total. The smallest absolute Gasteiger partial charge is 0.325 e. The second-order valence-electron chi connectivity index (χ2n) is 5.08. The number of nitrogens with one attached hydrogen (secondary N) is 1. The quantitative estimate of drug-likeness (QED) is 0.792. The molecule has 0 atom stereocenters. The Morgan fingerprint density at radius 2 is 1.72 bits per heavy atom. The molecule has 1 aliphatic rings. The molecule has 10 heteroatoms. The number of benzene rings is 1. The first-order valence-corrected chi connectivity index (χ1v) is 9.47. The molecule has 1 N–H and O–H groups in total. The maximum Gasteiger partial charge on any atom is 0.363 e. The molecule has 0 radical (unpaired) electrons. The zero-order chi connectivity index (χ0) is 18.0. The van der Waals surface area contributed by atoms with Gasteiger partial charge in [-0.25, -0.2) is 13.2 Å². The van der Waals surface area contributed by atoms with Crippen molar-refractivity contribution in [1.29, 1.82) is 0 Å². The molecule has 1 aromatic carbocycles. The third-order valence-corrected chi connectivity index (χ3v) is 6.09. The van der Waals surface area contributed by atoms with Crippen LogP contribution in [-0.2, 0) is 24.4 Å². The highest BCUT2D eigenvalue weighted by Crippen LogP contribution is 2.21. The monoisotopic (exact) mass is 380 g/mol. The molecule has 0 unspecified atom stereocenters. The Kier molecular flexibility index (Phi) is 4.55. The molecule has 1 saturated heterocycles. The molecule has 2 amide bonds. The van der Waals surface area contributed by atoms with Gasteiger partial charge in [-0.05, 0) is 35.7 Å². The number of thiophene rings is 1. The van der Waals surface area contributed by atoms with Crippen molar-refractivity contribution in [2.24, 2.45) is 0 Å². The molecule has 25 heavy (non-hydrogen) atoms. The number of imide groups is 1. The third-order valence-electron chi connectivity index (χ3n) is 3.31. The van der Waals surface area contributed by atoms with Gasteiger partial charge in [-0.3, -0.25) is 14.3 Å². The molecular weight excluding hydrogens is 368 g/mol. The Labute approximate surface area is 147 Å². The number of hydroxylamine groups is 2. The number of hydrogen-bond acceptors (Lipinski definition) is 7. The molecular formula is C15H12N2O6S2. The van der Waals surface area contributed by atoms with Gasteiger partial charge in [0.1, 0.15) is 4.21 Å². The van der Waals surface area contributed by atoms with Gasteiger partial charge in [0.2, 0.25) is 0 Å². The summed E-state index contributed by atoms with van der Waals surface area (Å²) < 4.78 is 26.8. The number of rotatable bonds is 5. The number of amides is 2. The molecule has 2 heterocycles. The number of sulfonamides is 1. The lowest BCUT2D eigenvalue weighted by Crippen LogP contribution is -2.32. The maximum atomic E-state index is 12.1. The fraction of sp³-hybridized carbons (Fsp3) is 0.133. The minimum Gasteiger partial charge on any atom is -0.325 e. The average Bonchev–Trinajstić information content (AvgIpc) is 3.21. The van der Waals surface area contributed by atoms with Gasteiger partial charge in [-0.15, -0.1) is 16.4 Å². The van der Waals surface area contributed by atoms with E-state index >= 15 is 0 Å². The van der Waals surface area contributed by atoms with Gasteiger partial charge < -0.3 is 4.84 Å². The van der Waals surface area contributed by atoms with Crippen LogP contribution in [0.1, 0.15) is 23.2 Å². The van der Waals surface area contributed by atoms with Crippen molar-refractivity contribution in [3.05, 3.63) is 47.3 Å². The molecule has 0 bridgehead atoms. The topological polar surface area (TPSA) is 110 Å². The van der Waals surface area contributed by atoms with Crippen molar-refractivity contribution < 1.29 is 27.6 Å². The van der Waals surface area contributed by atoms with E-state index in [4.69, 9.17) is 4.84 Å². The molecule has 1 aromatic heterocycles. The zero-order valence-electron chi connectivity index (χ0n) is 12.7. The van der Waals surface area contributed by atoms with Crippen LogP contribution >= 0.6 is 11.3 Å². The van der Waals surface area contributed by atoms with Crippen LogP contribution < -0.4 is 4.72 Å². The van der Waals surface area contributed by atoms with E-state index in [1.807, 2.05) is 0 Å². The van der Waals surface area contributed by atoms with Crippen molar-refractivity contribution in [3.8, 4) is 0 Å². The summed E-state index contributed by atoms with van der Waals surface area (Å²) in [5.74, 6) is -2.02. The normalized spacial score (nSPS) is 14.6. The molecule has 130 valence electrons. The fourth-order valence-corrected chi connectivity index (χ4v) is 4.14. The summed E-state index contributed by atoms with van der Waals surface area (Å²) in [6.45, 7) is 0. The summed E-state index contributed by atoms with van der Waals surface area (Å²) in [6.07, 6.45) is 0.0189. The summed E-state index contributed by atoms with van der Waals surface area (Å²) in [5.41, 5.74) is 0.338. The lowest BCUT2D eigenvalue weighted by atomic mass is 10.2. The first-order chi connectivity index (χ1) is 11.9. The summed E-state index contributed by atoms with van der Waals surface area (Å²) in [6, 6.07) is 8.53. The van der Waals surface area contributed by atoms with Crippen molar-refractivity contribution in [2.75, 3.05) is 4.72 Å². The fourth-order valence-electron chi connectivity index (χ4n) is 2.09. The van der Waals surface area contributed by atoms with Gasteiger partial charge in [-0.1, -0.05) is 6.07 Å². The molecule has 0 saturated carbocycles. The van der Waals surface area contributed by atoms with Gasteiger partial charge in [0.25, 0.3) is 21.8 Å². The van der Waals surface area contributed by atoms with Gasteiger partial charge in [-0.2, -0.15) is 0 Å². The van der Waals surface area contributed by atoms with E-state index in [0.717, 1.165) is 11.3 Å². The molecule has 0 aliphatic carbocycles. The lowest BCUT2D eigenvalue weighted by Gasteiger charge is -2.12. The zero-order valence-corrected chi connectivity index (χ0v) is 14.3. The van der Waals surface area contributed by atoms with Gasteiger partial charge in [0, 0.05) is 18.5 Å². The predicted octanol–water partition coefficient (Wildman–Crippen LogP) is 1.77. The second-order valence-corrected chi connectivity index (χ2v) is 7.93. The van der Waals surface area contributed by atoms with E-state index in [2.05, 4.69) is 4.72 Å². The van der Waals surface area contributed by atoms with Crippen LogP contribution in [0.2, 0.25) is 0 Å². The minimum atomic E-state index is -3.68.